The number of nitrogens with one attached hydrogen (secondary N) is 1. The molecule has 0 unspecified atom stereocenters. The van der Waals surface area contributed by atoms with E-state index in [1.54, 1.807) is 12.3 Å². The molecular formula is C14H19N5O2. The first-order valence-electron chi connectivity index (χ1n) is 6.92. The van der Waals surface area contributed by atoms with Gasteiger partial charge in [0.15, 0.2) is 5.69 Å². The lowest BCUT2D eigenvalue weighted by Gasteiger charge is -2.39. The number of carbonyl (C=O) groups is 1. The van der Waals surface area contributed by atoms with Gasteiger partial charge in [0.1, 0.15) is 5.65 Å². The van der Waals surface area contributed by atoms with Crippen molar-refractivity contribution >= 4 is 17.6 Å². The highest BCUT2D eigenvalue weighted by Crippen LogP contribution is 2.20. The molecular weight excluding hydrogens is 270 g/mol. The molecule has 2 aromatic rings. The molecule has 1 N–H and O–H groups in total. The third-order valence-electron chi connectivity index (χ3n) is 3.62. The van der Waals surface area contributed by atoms with Gasteiger partial charge in [-0.3, -0.25) is 4.40 Å². The molecule has 21 heavy (non-hydrogen) atoms. The van der Waals surface area contributed by atoms with E-state index in [1.165, 1.54) is 7.11 Å². The van der Waals surface area contributed by atoms with Gasteiger partial charge >= 0.3 is 5.97 Å². The van der Waals surface area contributed by atoms with E-state index in [1.807, 2.05) is 10.6 Å². The van der Waals surface area contributed by atoms with Crippen LogP contribution in [-0.2, 0) is 4.74 Å². The minimum atomic E-state index is -0.448. The Labute approximate surface area is 122 Å². The summed E-state index contributed by atoms with van der Waals surface area (Å²) in [6.07, 6.45) is 3.56. The number of piperazine rings is 1. The highest BCUT2D eigenvalue weighted by atomic mass is 16.5. The van der Waals surface area contributed by atoms with Crippen molar-refractivity contribution in [1.29, 1.82) is 0 Å². The van der Waals surface area contributed by atoms with Gasteiger partial charge in [-0.15, -0.1) is 0 Å². The van der Waals surface area contributed by atoms with Crippen molar-refractivity contribution in [2.24, 2.45) is 0 Å². The zero-order chi connectivity index (χ0) is 15.0. The Bertz CT molecular complexity index is 679. The zero-order valence-corrected chi connectivity index (χ0v) is 12.5. The summed E-state index contributed by atoms with van der Waals surface area (Å²) in [5, 5.41) is 3.46. The number of carbonyl (C=O) groups excluding carboxylic acids is 1. The maximum atomic E-state index is 11.8. The van der Waals surface area contributed by atoms with Crippen molar-refractivity contribution in [3.8, 4) is 0 Å². The number of rotatable bonds is 2. The Balaban J connectivity index is 2.07. The summed E-state index contributed by atoms with van der Waals surface area (Å²) in [7, 11) is 1.35. The summed E-state index contributed by atoms with van der Waals surface area (Å²) in [5.41, 5.74) is 0.966. The Morgan fingerprint density at radius 2 is 2.29 bits per heavy atom. The van der Waals surface area contributed by atoms with E-state index in [4.69, 9.17) is 4.74 Å². The molecule has 0 aliphatic carbocycles. The first-order valence-corrected chi connectivity index (χ1v) is 6.92. The van der Waals surface area contributed by atoms with E-state index in [9.17, 15) is 4.79 Å². The van der Waals surface area contributed by atoms with Crippen molar-refractivity contribution in [1.82, 2.24) is 19.7 Å². The molecule has 0 amide bonds. The van der Waals surface area contributed by atoms with Gasteiger partial charge in [-0.25, -0.2) is 14.8 Å². The second-order valence-electron chi connectivity index (χ2n) is 5.82. The van der Waals surface area contributed by atoms with Gasteiger partial charge in [0.25, 0.3) is 0 Å². The fourth-order valence-electron chi connectivity index (χ4n) is 2.65. The lowest BCUT2D eigenvalue weighted by Crippen LogP contribution is -2.57. The topological polar surface area (TPSA) is 71.8 Å². The van der Waals surface area contributed by atoms with Crippen LogP contribution >= 0.6 is 0 Å². The van der Waals surface area contributed by atoms with Crippen molar-refractivity contribution in [2.45, 2.75) is 19.4 Å². The third kappa shape index (κ3) is 2.56. The SMILES string of the molecule is COC(=O)c1cc2nccn2c(N2CCNC(C)(C)C2)n1. The molecule has 7 heteroatoms. The first kappa shape index (κ1) is 13.8. The van der Waals surface area contributed by atoms with Crippen LogP contribution < -0.4 is 10.2 Å². The Morgan fingerprint density at radius 3 is 3.00 bits per heavy atom. The molecule has 1 aliphatic heterocycles. The van der Waals surface area contributed by atoms with Gasteiger partial charge in [0.2, 0.25) is 5.95 Å². The fraction of sp³-hybridized carbons (Fsp3) is 0.500. The number of hydrogen-bond acceptors (Lipinski definition) is 6. The van der Waals surface area contributed by atoms with Gasteiger partial charge in [0.05, 0.1) is 7.11 Å². The number of ether oxygens (including phenoxy) is 1. The van der Waals surface area contributed by atoms with Crippen molar-refractivity contribution in [2.75, 3.05) is 31.6 Å². The van der Waals surface area contributed by atoms with Crippen molar-refractivity contribution in [3.05, 3.63) is 24.2 Å². The molecule has 1 aliphatic rings. The van der Waals surface area contributed by atoms with Crippen LogP contribution in [0.4, 0.5) is 5.95 Å². The summed E-state index contributed by atoms with van der Waals surface area (Å²) in [5.74, 6) is 0.274. The molecule has 0 bridgehead atoms. The van der Waals surface area contributed by atoms with Gasteiger partial charge in [-0.2, -0.15) is 0 Å². The maximum Gasteiger partial charge on any atom is 0.356 e. The van der Waals surface area contributed by atoms with E-state index < -0.39 is 5.97 Å². The molecule has 112 valence electrons. The molecule has 1 saturated heterocycles. The van der Waals surface area contributed by atoms with Crippen LogP contribution in [-0.4, -0.2) is 52.6 Å². The molecule has 1 fully saturated rings. The van der Waals surface area contributed by atoms with Crippen LogP contribution in [0.5, 0.6) is 0 Å². The summed E-state index contributed by atoms with van der Waals surface area (Å²) in [4.78, 5) is 22.7. The van der Waals surface area contributed by atoms with Gasteiger partial charge in [-0.05, 0) is 13.8 Å². The number of aromatic nitrogens is 3. The fourth-order valence-corrected chi connectivity index (χ4v) is 2.65. The Kier molecular flexibility index (Phi) is 3.29. The van der Waals surface area contributed by atoms with E-state index in [0.717, 1.165) is 25.6 Å². The minimum Gasteiger partial charge on any atom is -0.464 e. The lowest BCUT2D eigenvalue weighted by molar-refractivity contribution is 0.0594. The molecule has 0 radical (unpaired) electrons. The summed E-state index contributed by atoms with van der Waals surface area (Å²) >= 11 is 0. The molecule has 2 aromatic heterocycles. The number of hydrogen-bond donors (Lipinski definition) is 1. The third-order valence-corrected chi connectivity index (χ3v) is 3.62. The van der Waals surface area contributed by atoms with Crippen molar-refractivity contribution < 1.29 is 9.53 Å². The molecule has 7 nitrogen and oxygen atoms in total. The molecule has 3 rings (SSSR count). The Hall–Kier alpha value is -2.15. The highest BCUT2D eigenvalue weighted by molar-refractivity contribution is 5.88. The zero-order valence-electron chi connectivity index (χ0n) is 12.5. The number of imidazole rings is 1. The largest absolute Gasteiger partial charge is 0.464 e. The molecule has 3 heterocycles. The predicted octanol–water partition coefficient (Wildman–Crippen LogP) is 0.704. The van der Waals surface area contributed by atoms with Crippen LogP contribution in [0.25, 0.3) is 5.65 Å². The number of esters is 1. The maximum absolute atomic E-state index is 11.8. The molecule has 0 saturated carbocycles. The summed E-state index contributed by atoms with van der Waals surface area (Å²) in [6.45, 7) is 6.79. The lowest BCUT2D eigenvalue weighted by atomic mass is 10.0. The molecule has 0 spiro atoms. The molecule has 0 atom stereocenters. The van der Waals surface area contributed by atoms with E-state index in [-0.39, 0.29) is 11.2 Å². The smallest absolute Gasteiger partial charge is 0.356 e. The number of methoxy groups -OCH3 is 1. The highest BCUT2D eigenvalue weighted by Gasteiger charge is 2.28. The average Bonchev–Trinajstić information content (AvgIpc) is 2.92. The average molecular weight is 289 g/mol. The van der Waals surface area contributed by atoms with Crippen LogP contribution in [0.15, 0.2) is 18.5 Å². The summed E-state index contributed by atoms with van der Waals surface area (Å²) < 4.78 is 6.67. The van der Waals surface area contributed by atoms with Gasteiger partial charge in [-0.1, -0.05) is 0 Å². The van der Waals surface area contributed by atoms with Crippen LogP contribution in [0.2, 0.25) is 0 Å². The number of fused-ring (bicyclic) bond motifs is 1. The number of nitrogens with zero attached hydrogens (tertiary/aromatic N) is 4. The van der Waals surface area contributed by atoms with Crippen molar-refractivity contribution in [3.63, 3.8) is 0 Å². The van der Waals surface area contributed by atoms with E-state index in [0.29, 0.717) is 5.65 Å². The predicted molar refractivity (Wildman–Crippen MR) is 78.6 cm³/mol. The van der Waals surface area contributed by atoms with Gasteiger partial charge in [0, 0.05) is 43.6 Å². The Morgan fingerprint density at radius 1 is 1.48 bits per heavy atom. The quantitative estimate of drug-likeness (QED) is 0.821. The van der Waals surface area contributed by atoms with E-state index in [2.05, 4.69) is 34.0 Å². The first-order chi connectivity index (χ1) is 10.00. The monoisotopic (exact) mass is 289 g/mol. The van der Waals surface area contributed by atoms with Crippen LogP contribution in [0.3, 0.4) is 0 Å². The summed E-state index contributed by atoms with van der Waals surface area (Å²) in [6, 6.07) is 1.64. The standard InChI is InChI=1S/C14H19N5O2/c1-14(2)9-18(6-5-16-14)13-17-10(12(20)21-3)8-11-15-4-7-19(11)13/h4,7-8,16H,5-6,9H2,1-3H3. The second kappa shape index (κ2) is 5.00. The van der Waals surface area contributed by atoms with Crippen LogP contribution in [0, 0.1) is 0 Å². The number of anilines is 1. The van der Waals surface area contributed by atoms with Crippen LogP contribution in [0.1, 0.15) is 24.3 Å². The molecule has 0 aromatic carbocycles. The van der Waals surface area contributed by atoms with E-state index >= 15 is 0 Å². The van der Waals surface area contributed by atoms with Gasteiger partial charge < -0.3 is 15.0 Å². The minimum absolute atomic E-state index is 0.00585. The normalized spacial score (nSPS) is 18.0. The second-order valence-corrected chi connectivity index (χ2v) is 5.82.